The van der Waals surface area contributed by atoms with Gasteiger partial charge in [-0.05, 0) is 62.1 Å². The number of hydrazine groups is 1. The zero-order valence-electron chi connectivity index (χ0n) is 18.5. The third-order valence-corrected chi connectivity index (χ3v) is 7.47. The molecule has 2 aromatic rings. The van der Waals surface area contributed by atoms with Gasteiger partial charge in [-0.2, -0.15) is 4.31 Å². The predicted molar refractivity (Wildman–Crippen MR) is 123 cm³/mol. The summed E-state index contributed by atoms with van der Waals surface area (Å²) in [5.41, 5.74) is 5.30. The molecular formula is C23H26N4O6S. The van der Waals surface area contributed by atoms with Gasteiger partial charge in [-0.15, -0.1) is 0 Å². The number of nitrogens with one attached hydrogen (secondary N) is 3. The van der Waals surface area contributed by atoms with Crippen molar-refractivity contribution in [1.82, 2.24) is 15.2 Å². The second-order valence-corrected chi connectivity index (χ2v) is 10.2. The van der Waals surface area contributed by atoms with E-state index < -0.39 is 21.8 Å². The highest BCUT2D eigenvalue weighted by molar-refractivity contribution is 7.89. The van der Waals surface area contributed by atoms with Crippen molar-refractivity contribution in [3.8, 4) is 5.75 Å². The smallest absolute Gasteiger partial charge is 0.276 e. The minimum absolute atomic E-state index is 0.0284. The monoisotopic (exact) mass is 486 g/mol. The van der Waals surface area contributed by atoms with E-state index in [4.69, 9.17) is 4.74 Å². The number of nitrogens with zero attached hydrogens (tertiary/aromatic N) is 1. The van der Waals surface area contributed by atoms with Gasteiger partial charge in [0.25, 0.3) is 11.8 Å². The van der Waals surface area contributed by atoms with Crippen molar-refractivity contribution in [2.75, 3.05) is 25.0 Å². The van der Waals surface area contributed by atoms with Crippen LogP contribution in [-0.2, 0) is 19.6 Å². The topological polar surface area (TPSA) is 134 Å². The zero-order chi connectivity index (χ0) is 24.1. The molecule has 4 rings (SSSR count). The minimum Gasteiger partial charge on any atom is -0.484 e. The Bertz CT molecular complexity index is 1170. The van der Waals surface area contributed by atoms with Gasteiger partial charge in [0.2, 0.25) is 15.9 Å². The Morgan fingerprint density at radius 2 is 1.68 bits per heavy atom. The van der Waals surface area contributed by atoms with Crippen LogP contribution in [0.15, 0.2) is 53.4 Å². The summed E-state index contributed by atoms with van der Waals surface area (Å²) >= 11 is 0. The molecule has 1 aliphatic carbocycles. The molecule has 34 heavy (non-hydrogen) atoms. The normalized spacial score (nSPS) is 16.0. The first-order chi connectivity index (χ1) is 16.3. The second kappa shape index (κ2) is 10.2. The first-order valence-electron chi connectivity index (χ1n) is 11.1. The molecule has 2 aliphatic rings. The molecule has 0 unspecified atom stereocenters. The molecule has 1 aliphatic heterocycles. The zero-order valence-corrected chi connectivity index (χ0v) is 19.3. The average Bonchev–Trinajstić information content (AvgIpc) is 3.54. The van der Waals surface area contributed by atoms with E-state index in [0.29, 0.717) is 24.5 Å². The number of benzene rings is 2. The summed E-state index contributed by atoms with van der Waals surface area (Å²) < 4.78 is 32.0. The van der Waals surface area contributed by atoms with Gasteiger partial charge in [0.15, 0.2) is 6.61 Å². The van der Waals surface area contributed by atoms with E-state index in [-0.39, 0.29) is 28.9 Å². The van der Waals surface area contributed by atoms with Crippen molar-refractivity contribution < 1.29 is 27.5 Å². The summed E-state index contributed by atoms with van der Waals surface area (Å²) in [7, 11) is -3.56. The summed E-state index contributed by atoms with van der Waals surface area (Å²) in [5.74, 6) is -0.744. The molecule has 1 saturated carbocycles. The summed E-state index contributed by atoms with van der Waals surface area (Å²) in [5, 5.41) is 2.80. The van der Waals surface area contributed by atoms with Crippen molar-refractivity contribution in [3.63, 3.8) is 0 Å². The van der Waals surface area contributed by atoms with Crippen LogP contribution < -0.4 is 20.9 Å². The van der Waals surface area contributed by atoms with Crippen LogP contribution in [0.25, 0.3) is 0 Å². The molecule has 0 spiro atoms. The highest BCUT2D eigenvalue weighted by Gasteiger charge is 2.29. The van der Waals surface area contributed by atoms with E-state index in [1.54, 1.807) is 24.3 Å². The largest absolute Gasteiger partial charge is 0.484 e. The van der Waals surface area contributed by atoms with E-state index in [1.165, 1.54) is 28.6 Å². The number of anilines is 1. The molecule has 2 aromatic carbocycles. The second-order valence-electron chi connectivity index (χ2n) is 8.22. The lowest BCUT2D eigenvalue weighted by atomic mass is 10.2. The highest BCUT2D eigenvalue weighted by Crippen LogP contribution is 2.30. The quantitative estimate of drug-likeness (QED) is 0.486. The molecule has 0 radical (unpaired) electrons. The van der Waals surface area contributed by atoms with E-state index in [9.17, 15) is 22.8 Å². The molecule has 11 heteroatoms. The minimum atomic E-state index is -3.56. The van der Waals surface area contributed by atoms with Crippen molar-refractivity contribution >= 4 is 33.4 Å². The maximum Gasteiger partial charge on any atom is 0.276 e. The summed E-state index contributed by atoms with van der Waals surface area (Å²) in [4.78, 5) is 36.3. The molecule has 180 valence electrons. The lowest BCUT2D eigenvalue weighted by Crippen LogP contribution is -2.43. The summed E-state index contributed by atoms with van der Waals surface area (Å²) in [6, 6.07) is 12.2. The summed E-state index contributed by atoms with van der Waals surface area (Å²) in [6.07, 6.45) is 3.47. The first-order valence-corrected chi connectivity index (χ1v) is 12.5. The van der Waals surface area contributed by atoms with Crippen LogP contribution in [0, 0.1) is 5.92 Å². The number of rotatable bonds is 8. The molecule has 1 heterocycles. The van der Waals surface area contributed by atoms with E-state index in [2.05, 4.69) is 16.2 Å². The standard InChI is InChI=1S/C23H26N4O6S/c28-21(15-33-19-5-3-4-18(14-19)24-22(29)16-6-7-16)25-26-23(30)17-8-10-20(11-9-17)34(31,32)27-12-1-2-13-27/h3-5,8-11,14,16H,1-2,6-7,12-13,15H2,(H,24,29)(H,25,28)(H,26,30). The number of carbonyl (C=O) groups is 3. The number of sulfonamides is 1. The fraction of sp³-hybridized carbons (Fsp3) is 0.348. The first kappa shape index (κ1) is 23.7. The molecule has 0 aromatic heterocycles. The van der Waals surface area contributed by atoms with E-state index >= 15 is 0 Å². The Morgan fingerprint density at radius 1 is 0.971 bits per heavy atom. The highest BCUT2D eigenvalue weighted by atomic mass is 32.2. The van der Waals surface area contributed by atoms with Gasteiger partial charge in [0, 0.05) is 36.3 Å². The third kappa shape index (κ3) is 5.91. The Hall–Kier alpha value is -3.44. The lowest BCUT2D eigenvalue weighted by Gasteiger charge is -2.15. The Balaban J connectivity index is 1.24. The van der Waals surface area contributed by atoms with Crippen LogP contribution in [0.2, 0.25) is 0 Å². The number of amides is 3. The van der Waals surface area contributed by atoms with Crippen molar-refractivity contribution in [3.05, 3.63) is 54.1 Å². The number of ether oxygens (including phenoxy) is 1. The van der Waals surface area contributed by atoms with Crippen LogP contribution in [0.1, 0.15) is 36.0 Å². The van der Waals surface area contributed by atoms with E-state index in [0.717, 1.165) is 25.7 Å². The van der Waals surface area contributed by atoms with Crippen LogP contribution in [0.4, 0.5) is 5.69 Å². The molecular weight excluding hydrogens is 460 g/mol. The molecule has 2 fully saturated rings. The van der Waals surface area contributed by atoms with Gasteiger partial charge in [-0.3, -0.25) is 25.2 Å². The van der Waals surface area contributed by atoms with Crippen LogP contribution >= 0.6 is 0 Å². The van der Waals surface area contributed by atoms with Crippen molar-refractivity contribution in [2.45, 2.75) is 30.6 Å². The van der Waals surface area contributed by atoms with Gasteiger partial charge >= 0.3 is 0 Å². The Morgan fingerprint density at radius 3 is 2.35 bits per heavy atom. The molecule has 3 N–H and O–H groups in total. The third-order valence-electron chi connectivity index (χ3n) is 5.55. The molecule has 0 atom stereocenters. The summed E-state index contributed by atoms with van der Waals surface area (Å²) in [6.45, 7) is 0.642. The maximum atomic E-state index is 12.6. The van der Waals surface area contributed by atoms with Gasteiger partial charge < -0.3 is 10.1 Å². The fourth-order valence-electron chi connectivity index (χ4n) is 3.49. The van der Waals surface area contributed by atoms with Crippen LogP contribution in [0.3, 0.4) is 0 Å². The van der Waals surface area contributed by atoms with Crippen LogP contribution in [0.5, 0.6) is 5.75 Å². The molecule has 3 amide bonds. The fourth-order valence-corrected chi connectivity index (χ4v) is 5.01. The van der Waals surface area contributed by atoms with Gasteiger partial charge in [0.1, 0.15) is 5.75 Å². The molecule has 0 bridgehead atoms. The van der Waals surface area contributed by atoms with Gasteiger partial charge in [-0.25, -0.2) is 8.42 Å². The van der Waals surface area contributed by atoms with Crippen molar-refractivity contribution in [1.29, 1.82) is 0 Å². The predicted octanol–water partition coefficient (Wildman–Crippen LogP) is 1.66. The van der Waals surface area contributed by atoms with Crippen LogP contribution in [-0.4, -0.2) is 50.1 Å². The maximum absolute atomic E-state index is 12.6. The molecule has 10 nitrogen and oxygen atoms in total. The van der Waals surface area contributed by atoms with E-state index in [1.807, 2.05) is 0 Å². The molecule has 1 saturated heterocycles. The number of carbonyl (C=O) groups excluding carboxylic acids is 3. The lowest BCUT2D eigenvalue weighted by molar-refractivity contribution is -0.123. The Labute approximate surface area is 197 Å². The average molecular weight is 487 g/mol. The number of hydrogen-bond donors (Lipinski definition) is 3. The SMILES string of the molecule is O=C(COc1cccc(NC(=O)C2CC2)c1)NNC(=O)c1ccc(S(=O)(=O)N2CCCC2)cc1. The van der Waals surface area contributed by atoms with Gasteiger partial charge in [-0.1, -0.05) is 6.07 Å². The number of hydrogen-bond acceptors (Lipinski definition) is 6. The van der Waals surface area contributed by atoms with Gasteiger partial charge in [0.05, 0.1) is 4.90 Å². The van der Waals surface area contributed by atoms with Crippen molar-refractivity contribution in [2.24, 2.45) is 5.92 Å². The Kier molecular flexibility index (Phi) is 7.13.